The van der Waals surface area contributed by atoms with E-state index in [4.69, 9.17) is 14.2 Å². The second-order valence-corrected chi connectivity index (χ2v) is 26.6. The summed E-state index contributed by atoms with van der Waals surface area (Å²) in [5.74, 6) is 0. The van der Waals surface area contributed by atoms with Crippen LogP contribution in [0.25, 0.3) is 291 Å². The third kappa shape index (κ3) is 1.65. The van der Waals surface area contributed by atoms with Crippen LogP contribution in [0.3, 0.4) is 0 Å². The van der Waals surface area contributed by atoms with E-state index in [0.717, 1.165) is 6.54 Å². The van der Waals surface area contributed by atoms with Gasteiger partial charge in [-0.25, -0.2) is 0 Å². The van der Waals surface area contributed by atoms with Crippen molar-refractivity contribution in [1.29, 1.82) is 0 Å². The van der Waals surface area contributed by atoms with Gasteiger partial charge in [-0.1, -0.05) is 0 Å². The Bertz CT molecular complexity index is 7000. The maximum Gasteiger partial charge on any atom is 0.0701 e. The lowest BCUT2D eigenvalue weighted by molar-refractivity contribution is 0.00771. The Morgan fingerprint density at radius 3 is 0.740 bits per heavy atom. The molecule has 1 aliphatic heterocycles. The average Bonchev–Trinajstić information content (AvgIpc) is 4.42. The molecule has 1 unspecified atom stereocenters. The van der Waals surface area contributed by atoms with Gasteiger partial charge >= 0.3 is 0 Å². The van der Waals surface area contributed by atoms with Crippen molar-refractivity contribution in [3.63, 3.8) is 0 Å². The minimum Gasteiger partial charge on any atom is -0.382 e. The lowest BCUT2D eigenvalue weighted by Gasteiger charge is -2.52. The van der Waals surface area contributed by atoms with Crippen molar-refractivity contribution in [3.05, 3.63) is 22.3 Å². The molecule has 0 bridgehead atoms. The van der Waals surface area contributed by atoms with Crippen molar-refractivity contribution >= 4 is 291 Å². The van der Waals surface area contributed by atoms with Crippen LogP contribution in [-0.4, -0.2) is 64.7 Å². The molecule has 1 heterocycles. The number of hydrogen-bond donors (Lipinski definition) is 0. The molecule has 28 aromatic carbocycles. The first-order valence-corrected chi connectivity index (χ1v) is 27.4. The molecule has 4 nitrogen and oxygen atoms in total. The zero-order chi connectivity index (χ0) is 44.0. The zero-order valence-electron chi connectivity index (χ0n) is 38.5. The van der Waals surface area contributed by atoms with Gasteiger partial charge in [0.2, 0.25) is 0 Å². The quantitative estimate of drug-likeness (QED) is 0.112. The summed E-state index contributed by atoms with van der Waals surface area (Å²) >= 11 is 0. The van der Waals surface area contributed by atoms with E-state index >= 15 is 0 Å². The van der Waals surface area contributed by atoms with Crippen LogP contribution in [-0.2, 0) is 25.0 Å². The summed E-state index contributed by atoms with van der Waals surface area (Å²) < 4.78 is 18.7. The minimum atomic E-state index is -0.329. The maximum absolute atomic E-state index is 7.20. The highest BCUT2D eigenvalue weighted by Gasteiger charge is 2.75. The molecule has 0 radical (unpaired) electrons. The average molecular weight is 910 g/mol. The number of nitrogens with zero attached hydrogens (tertiary/aromatic N) is 1. The molecule has 1 saturated heterocycles. The van der Waals surface area contributed by atoms with Crippen molar-refractivity contribution < 1.29 is 14.2 Å². The summed E-state index contributed by atoms with van der Waals surface area (Å²) in [6, 6.07) is 0.141. The summed E-state index contributed by atoms with van der Waals surface area (Å²) in [6.07, 6.45) is 0. The molecule has 5 aliphatic rings. The van der Waals surface area contributed by atoms with Gasteiger partial charge in [0.1, 0.15) is 0 Å². The Hall–Kier alpha value is -7.70. The highest BCUT2D eigenvalue weighted by Crippen LogP contribution is 2.85. The molecule has 33 rings (SSSR count). The predicted octanol–water partition coefficient (Wildman–Crippen LogP) is 16.3. The Morgan fingerprint density at radius 1 is 0.288 bits per heavy atom. The van der Waals surface area contributed by atoms with Gasteiger partial charge in [-0.15, -0.1) is 0 Å². The van der Waals surface area contributed by atoms with Crippen LogP contribution in [0, 0.1) is 0 Å². The molecule has 318 valence electrons. The number of methoxy groups -OCH3 is 1. The smallest absolute Gasteiger partial charge is 0.0701 e. The normalized spacial score (nSPS) is 23.5. The Morgan fingerprint density at radius 2 is 0.493 bits per heavy atom. The fourth-order valence-electron chi connectivity index (χ4n) is 26.0. The van der Waals surface area contributed by atoms with Crippen molar-refractivity contribution in [2.24, 2.45) is 0 Å². The summed E-state index contributed by atoms with van der Waals surface area (Å²) in [5.41, 5.74) is 6.37. The standard InChI is InChI=1S/C69H19NO3/c1-70-8-68-64-56-48-38-28-20-12-10-11-14-18-16(12)24-32-26(18)36-30-22(14)23-15(11)19-17-13(10)21(20)29-35-25(17)33-27(19)37-31(23)41-40(30)52-46(36)54-44(32)50(42(48)34(24)28)58(64)60(54)66-62(52)63-53(41)47(37)55-45(33)51-43(35)49(39(29)38)57(56)65(68)59(51)61(55)67(63)69(66,68)9(70)7-73-6-5-72-4-3-71-2/h9H,3-8H2,1-2H3. The Kier molecular flexibility index (Phi) is 2.75. The van der Waals surface area contributed by atoms with Gasteiger partial charge in [0.15, 0.2) is 0 Å². The van der Waals surface area contributed by atoms with Crippen molar-refractivity contribution in [2.75, 3.05) is 53.7 Å². The lowest BCUT2D eigenvalue weighted by atomic mass is 9.48. The van der Waals surface area contributed by atoms with E-state index in [-0.39, 0.29) is 16.9 Å². The van der Waals surface area contributed by atoms with E-state index in [2.05, 4.69) is 11.9 Å². The van der Waals surface area contributed by atoms with Crippen LogP contribution in [0.1, 0.15) is 22.3 Å². The summed E-state index contributed by atoms with van der Waals surface area (Å²) in [4.78, 5) is 2.87. The number of likely N-dealkylation sites (tertiary alicyclic amines) is 1. The first kappa shape index (κ1) is 29.1. The number of rotatable bonds is 8. The zero-order valence-corrected chi connectivity index (χ0v) is 38.5. The summed E-state index contributed by atoms with van der Waals surface area (Å²) in [7, 11) is 4.28. The Balaban J connectivity index is 1.06. The van der Waals surface area contributed by atoms with E-state index in [0.29, 0.717) is 33.0 Å². The van der Waals surface area contributed by atoms with Crippen molar-refractivity contribution in [3.8, 4) is 0 Å². The first-order valence-electron chi connectivity index (χ1n) is 27.4. The summed E-state index contributed by atoms with van der Waals surface area (Å²) in [5, 5.41) is 89.5. The van der Waals surface area contributed by atoms with E-state index in [9.17, 15) is 0 Å². The molecule has 1 atom stereocenters. The maximum atomic E-state index is 7.20. The molecule has 4 heteroatoms. The van der Waals surface area contributed by atoms with Crippen LogP contribution in [0.2, 0.25) is 0 Å². The topological polar surface area (TPSA) is 30.9 Å². The SMILES string of the molecule is COCCOCCOCC1N(C)CC23c4c5c6c7c8c9c(c%10c%11c2c2c4c4c%12c5c5c6c6c8c8c%13c9c9c%10c%10c%11c%11c2c2c4c4c%12c%12c5c5c6c8c6c8c%13c9c9c%10c%10c%11c2c2c4c4c%12c5c6c5c8c9c%10c2c45)C713. The van der Waals surface area contributed by atoms with Crippen LogP contribution in [0.4, 0.5) is 0 Å². The summed E-state index contributed by atoms with van der Waals surface area (Å²) in [6.45, 7) is 4.08. The van der Waals surface area contributed by atoms with E-state index in [1.54, 1.807) is 320 Å². The molecule has 1 fully saturated rings. The highest BCUT2D eigenvalue weighted by molar-refractivity contribution is 6.82. The fraction of sp³-hybridized carbons (Fsp3) is 0.159. The van der Waals surface area contributed by atoms with Gasteiger partial charge in [0.05, 0.1) is 43.9 Å². The molecule has 0 saturated carbocycles. The van der Waals surface area contributed by atoms with Crippen LogP contribution in [0.5, 0.6) is 0 Å². The third-order valence-electron chi connectivity index (χ3n) is 26.2. The highest BCUT2D eigenvalue weighted by atomic mass is 16.5. The molecular formula is C69H19NO3. The number of ether oxygens (including phenoxy) is 3. The van der Waals surface area contributed by atoms with E-state index in [1.807, 2.05) is 0 Å². The largest absolute Gasteiger partial charge is 0.382 e. The first-order chi connectivity index (χ1) is 36.3. The second kappa shape index (κ2) is 6.90. The van der Waals surface area contributed by atoms with E-state index < -0.39 is 0 Å². The van der Waals surface area contributed by atoms with Gasteiger partial charge < -0.3 is 14.2 Å². The second-order valence-electron chi connectivity index (χ2n) is 26.6. The van der Waals surface area contributed by atoms with Gasteiger partial charge in [0, 0.05) is 19.7 Å². The monoisotopic (exact) mass is 909 g/mol. The number of benzene rings is 18. The number of hydrogen-bond acceptors (Lipinski definition) is 4. The van der Waals surface area contributed by atoms with Gasteiger partial charge in [-0.3, -0.25) is 4.90 Å². The molecule has 0 aromatic heterocycles. The molecule has 28 aromatic rings. The minimum absolute atomic E-state index is 0.141. The molecular weight excluding hydrogens is 891 g/mol. The third-order valence-corrected chi connectivity index (χ3v) is 26.2. The lowest BCUT2D eigenvalue weighted by Crippen LogP contribution is -2.55. The van der Waals surface area contributed by atoms with Crippen LogP contribution < -0.4 is 0 Å². The van der Waals surface area contributed by atoms with Crippen LogP contribution in [0.15, 0.2) is 0 Å². The van der Waals surface area contributed by atoms with Crippen molar-refractivity contribution in [2.45, 2.75) is 16.9 Å². The van der Waals surface area contributed by atoms with Crippen molar-refractivity contribution in [1.82, 2.24) is 4.90 Å². The van der Waals surface area contributed by atoms with E-state index in [1.165, 1.54) is 0 Å². The van der Waals surface area contributed by atoms with Gasteiger partial charge in [-0.05, 0) is 320 Å². The van der Waals surface area contributed by atoms with Gasteiger partial charge in [-0.2, -0.15) is 0 Å². The molecule has 0 N–H and O–H groups in total. The predicted molar refractivity (Wildman–Crippen MR) is 304 cm³/mol. The molecule has 0 amide bonds. The molecule has 4 aliphatic carbocycles. The van der Waals surface area contributed by atoms with Crippen LogP contribution >= 0.6 is 0 Å². The molecule has 73 heavy (non-hydrogen) atoms. The Labute approximate surface area is 400 Å². The number of likely N-dealkylation sites (N-methyl/N-ethyl adjacent to an activating group) is 1. The van der Waals surface area contributed by atoms with Gasteiger partial charge in [0.25, 0.3) is 0 Å². The fourth-order valence-corrected chi connectivity index (χ4v) is 26.0. The molecule has 2 spiro atoms.